The fourth-order valence-electron chi connectivity index (χ4n) is 2.03. The smallest absolute Gasteiger partial charge is 0.153 e. The minimum Gasteiger partial charge on any atom is -0.390 e. The molecule has 1 atom stereocenters. The molecule has 0 aromatic carbocycles. The van der Waals surface area contributed by atoms with Crippen LogP contribution in [-0.2, 0) is 9.84 Å². The van der Waals surface area contributed by atoms with E-state index in [0.717, 1.165) is 32.4 Å². The van der Waals surface area contributed by atoms with Gasteiger partial charge in [0.25, 0.3) is 0 Å². The zero-order chi connectivity index (χ0) is 13.1. The molecule has 1 rings (SSSR count). The number of hydrogen-bond acceptors (Lipinski definition) is 4. The summed E-state index contributed by atoms with van der Waals surface area (Å²) in [6.45, 7) is 7.59. The van der Waals surface area contributed by atoms with Gasteiger partial charge in [-0.2, -0.15) is 0 Å². The first-order valence-corrected chi connectivity index (χ1v) is 8.11. The van der Waals surface area contributed by atoms with Gasteiger partial charge in [-0.25, -0.2) is 8.42 Å². The normalized spacial score (nSPS) is 28.3. The van der Waals surface area contributed by atoms with Crippen molar-refractivity contribution in [2.24, 2.45) is 0 Å². The zero-order valence-corrected chi connectivity index (χ0v) is 12.0. The van der Waals surface area contributed by atoms with E-state index < -0.39 is 15.4 Å². The summed E-state index contributed by atoms with van der Waals surface area (Å²) < 4.78 is 23.4. The van der Waals surface area contributed by atoms with Gasteiger partial charge < -0.3 is 10.0 Å². The van der Waals surface area contributed by atoms with Crippen LogP contribution in [0.25, 0.3) is 0 Å². The van der Waals surface area contributed by atoms with Crippen molar-refractivity contribution in [3.63, 3.8) is 0 Å². The summed E-state index contributed by atoms with van der Waals surface area (Å²) >= 11 is 0. The van der Waals surface area contributed by atoms with Gasteiger partial charge in [-0.1, -0.05) is 0 Å². The molecule has 1 N–H and O–H groups in total. The van der Waals surface area contributed by atoms with Crippen LogP contribution in [0, 0.1) is 0 Å². The Labute approximate surface area is 105 Å². The van der Waals surface area contributed by atoms with E-state index in [1.54, 1.807) is 13.8 Å². The molecule has 1 aliphatic rings. The number of hydrogen-bond donors (Lipinski definition) is 1. The molecule has 102 valence electrons. The Morgan fingerprint density at radius 2 is 1.94 bits per heavy atom. The van der Waals surface area contributed by atoms with Crippen LogP contribution < -0.4 is 0 Å². The molecular formula is C12H25NO3S. The molecule has 0 bridgehead atoms. The van der Waals surface area contributed by atoms with E-state index in [2.05, 4.69) is 4.90 Å². The summed E-state index contributed by atoms with van der Waals surface area (Å²) in [6.07, 6.45) is 2.48. The van der Waals surface area contributed by atoms with Crippen molar-refractivity contribution in [3.8, 4) is 0 Å². The van der Waals surface area contributed by atoms with Gasteiger partial charge in [0, 0.05) is 13.1 Å². The summed E-state index contributed by atoms with van der Waals surface area (Å²) in [7, 11) is -2.94. The average molecular weight is 263 g/mol. The van der Waals surface area contributed by atoms with Crippen molar-refractivity contribution in [1.29, 1.82) is 0 Å². The first-order valence-electron chi connectivity index (χ1n) is 6.39. The fourth-order valence-corrected chi connectivity index (χ4v) is 3.02. The van der Waals surface area contributed by atoms with Crippen LogP contribution in [-0.4, -0.2) is 54.7 Å². The minimum atomic E-state index is -2.94. The molecule has 4 nitrogen and oxygen atoms in total. The molecule has 0 amide bonds. The maximum atomic E-state index is 11.7. The summed E-state index contributed by atoms with van der Waals surface area (Å²) in [5.41, 5.74) is -0.578. The van der Waals surface area contributed by atoms with E-state index in [4.69, 9.17) is 0 Å². The third-order valence-corrected chi connectivity index (χ3v) is 5.75. The number of sulfone groups is 1. The Bertz CT molecular complexity index is 336. The highest BCUT2D eigenvalue weighted by Gasteiger charge is 2.25. The van der Waals surface area contributed by atoms with Gasteiger partial charge in [0.15, 0.2) is 9.84 Å². The van der Waals surface area contributed by atoms with Crippen molar-refractivity contribution in [1.82, 2.24) is 4.90 Å². The van der Waals surface area contributed by atoms with Gasteiger partial charge in [0.2, 0.25) is 0 Å². The molecule has 1 saturated heterocycles. The molecule has 0 radical (unpaired) electrons. The Hall–Kier alpha value is -0.130. The van der Waals surface area contributed by atoms with Crippen molar-refractivity contribution >= 4 is 9.84 Å². The minimum absolute atomic E-state index is 0.229. The first kappa shape index (κ1) is 14.9. The highest BCUT2D eigenvalue weighted by atomic mass is 32.2. The molecule has 5 heteroatoms. The van der Waals surface area contributed by atoms with Crippen LogP contribution in [0.1, 0.15) is 40.0 Å². The van der Waals surface area contributed by atoms with Crippen LogP contribution in [0.3, 0.4) is 0 Å². The molecule has 1 aliphatic heterocycles. The Balaban J connectivity index is 2.43. The number of rotatable bonds is 4. The van der Waals surface area contributed by atoms with Crippen LogP contribution in [0.15, 0.2) is 0 Å². The lowest BCUT2D eigenvalue weighted by Gasteiger charge is -2.22. The van der Waals surface area contributed by atoms with Crippen molar-refractivity contribution in [2.45, 2.75) is 50.9 Å². The van der Waals surface area contributed by atoms with E-state index in [1.165, 1.54) is 0 Å². The highest BCUT2D eigenvalue weighted by molar-refractivity contribution is 7.92. The molecule has 0 aromatic heterocycles. The Kier molecular flexibility index (Phi) is 4.98. The molecule has 0 spiro atoms. The van der Waals surface area contributed by atoms with Crippen molar-refractivity contribution < 1.29 is 13.5 Å². The molecule has 0 aromatic rings. The first-order chi connectivity index (χ1) is 7.73. The van der Waals surface area contributed by atoms with E-state index in [-0.39, 0.29) is 11.0 Å². The van der Waals surface area contributed by atoms with Gasteiger partial charge in [0.1, 0.15) is 0 Å². The predicted molar refractivity (Wildman–Crippen MR) is 69.8 cm³/mol. The number of likely N-dealkylation sites (tertiary alicyclic amines) is 1. The predicted octanol–water partition coefficient (Wildman–Crippen LogP) is 1.05. The van der Waals surface area contributed by atoms with Gasteiger partial charge in [-0.05, 0) is 46.6 Å². The maximum absolute atomic E-state index is 11.7. The van der Waals surface area contributed by atoms with Gasteiger partial charge in [0.05, 0.1) is 16.6 Å². The van der Waals surface area contributed by atoms with E-state index >= 15 is 0 Å². The van der Waals surface area contributed by atoms with Gasteiger partial charge in [-0.3, -0.25) is 0 Å². The average Bonchev–Trinajstić information content (AvgIpc) is 2.36. The third-order valence-electron chi connectivity index (χ3n) is 3.57. The molecule has 0 aliphatic carbocycles. The summed E-state index contributed by atoms with van der Waals surface area (Å²) in [4.78, 5) is 2.15. The van der Waals surface area contributed by atoms with Crippen molar-refractivity contribution in [2.75, 3.05) is 25.4 Å². The lowest BCUT2D eigenvalue weighted by molar-refractivity contribution is 0.0448. The highest BCUT2D eigenvalue weighted by Crippen LogP contribution is 2.21. The molecular weight excluding hydrogens is 238 g/mol. The molecule has 1 heterocycles. The number of nitrogens with zero attached hydrogens (tertiary/aromatic N) is 1. The zero-order valence-electron chi connectivity index (χ0n) is 11.1. The van der Waals surface area contributed by atoms with E-state index in [9.17, 15) is 13.5 Å². The third kappa shape index (κ3) is 4.94. The van der Waals surface area contributed by atoms with Crippen LogP contribution in [0.4, 0.5) is 0 Å². The fraction of sp³-hybridized carbons (Fsp3) is 1.00. The topological polar surface area (TPSA) is 57.6 Å². The quantitative estimate of drug-likeness (QED) is 0.823. The molecule has 0 saturated carbocycles. The van der Waals surface area contributed by atoms with Crippen LogP contribution in [0.5, 0.6) is 0 Å². The summed E-state index contributed by atoms with van der Waals surface area (Å²) in [5, 5.41) is 9.65. The Morgan fingerprint density at radius 3 is 2.53 bits per heavy atom. The second kappa shape index (κ2) is 5.67. The number of aliphatic hydroxyl groups is 1. The molecule has 1 unspecified atom stereocenters. The molecule has 1 fully saturated rings. The summed E-state index contributed by atoms with van der Waals surface area (Å²) in [5.74, 6) is 0.229. The van der Waals surface area contributed by atoms with Crippen molar-refractivity contribution in [3.05, 3.63) is 0 Å². The Morgan fingerprint density at radius 1 is 1.29 bits per heavy atom. The van der Waals surface area contributed by atoms with Crippen LogP contribution >= 0.6 is 0 Å². The second-order valence-corrected chi connectivity index (χ2v) is 8.28. The van der Waals surface area contributed by atoms with E-state index in [0.29, 0.717) is 6.54 Å². The van der Waals surface area contributed by atoms with Gasteiger partial charge >= 0.3 is 0 Å². The van der Waals surface area contributed by atoms with Gasteiger partial charge in [-0.15, -0.1) is 0 Å². The van der Waals surface area contributed by atoms with Crippen LogP contribution in [0.2, 0.25) is 0 Å². The monoisotopic (exact) mass is 263 g/mol. The standard InChI is InChI=1S/C12H25NO3S/c1-11(2)17(15,16)10-9-13-7-4-5-12(3,14)6-8-13/h11,14H,4-10H2,1-3H3. The largest absolute Gasteiger partial charge is 0.390 e. The molecule has 17 heavy (non-hydrogen) atoms. The lowest BCUT2D eigenvalue weighted by Crippen LogP contribution is -2.33. The maximum Gasteiger partial charge on any atom is 0.153 e. The second-order valence-electron chi connectivity index (χ2n) is 5.61. The summed E-state index contributed by atoms with van der Waals surface area (Å²) in [6, 6.07) is 0. The lowest BCUT2D eigenvalue weighted by atomic mass is 9.98. The SMILES string of the molecule is CC(C)S(=O)(=O)CCN1CCCC(C)(O)CC1. The van der Waals surface area contributed by atoms with E-state index in [1.807, 2.05) is 6.92 Å².